The molecule has 1 aromatic carbocycles. The van der Waals surface area contributed by atoms with Crippen molar-refractivity contribution in [2.45, 2.75) is 18.9 Å². The first-order valence-corrected chi connectivity index (χ1v) is 7.44. The van der Waals surface area contributed by atoms with E-state index in [0.717, 1.165) is 25.2 Å². The summed E-state index contributed by atoms with van der Waals surface area (Å²) in [6.07, 6.45) is 1.99. The topological polar surface area (TPSA) is 47.3 Å². The van der Waals surface area contributed by atoms with E-state index < -0.39 is 0 Å². The van der Waals surface area contributed by atoms with Gasteiger partial charge in [0.05, 0.1) is 6.61 Å². The highest BCUT2D eigenvalue weighted by atomic mass is 32.1. The number of ether oxygens (including phenoxy) is 1. The second-order valence-corrected chi connectivity index (χ2v) is 5.97. The van der Waals surface area contributed by atoms with Crippen LogP contribution in [0.1, 0.15) is 10.4 Å². The van der Waals surface area contributed by atoms with E-state index in [-0.39, 0.29) is 6.04 Å². The number of nitrogens with one attached hydrogen (secondary N) is 1. The Morgan fingerprint density at radius 2 is 2.21 bits per heavy atom. The summed E-state index contributed by atoms with van der Waals surface area (Å²) in [5.74, 6) is 7.18. The van der Waals surface area contributed by atoms with E-state index in [4.69, 9.17) is 10.6 Å². The number of fused-ring (bicyclic) bond motifs is 1. The molecule has 4 heteroatoms. The molecule has 0 bridgehead atoms. The Kier molecular flexibility index (Phi) is 3.82. The monoisotopic (exact) mass is 274 g/mol. The summed E-state index contributed by atoms with van der Waals surface area (Å²) in [5, 5.41) is 2.11. The SMILES string of the molecule is NNC(Cc1cccs1)C1COc2ccccc2C1. The van der Waals surface area contributed by atoms with Gasteiger partial charge in [-0.05, 0) is 35.9 Å². The molecule has 1 aliphatic heterocycles. The van der Waals surface area contributed by atoms with Crippen LogP contribution in [0.4, 0.5) is 0 Å². The maximum Gasteiger partial charge on any atom is 0.122 e. The highest BCUT2D eigenvalue weighted by molar-refractivity contribution is 7.09. The predicted molar refractivity (Wildman–Crippen MR) is 78.3 cm³/mol. The molecule has 100 valence electrons. The predicted octanol–water partition coefficient (Wildman–Crippen LogP) is 2.37. The van der Waals surface area contributed by atoms with Crippen molar-refractivity contribution in [3.8, 4) is 5.75 Å². The van der Waals surface area contributed by atoms with E-state index in [9.17, 15) is 0 Å². The van der Waals surface area contributed by atoms with Crippen molar-refractivity contribution in [2.24, 2.45) is 11.8 Å². The Balaban J connectivity index is 1.72. The van der Waals surface area contributed by atoms with Gasteiger partial charge >= 0.3 is 0 Å². The quantitative estimate of drug-likeness (QED) is 0.665. The normalized spacial score (nSPS) is 19.5. The lowest BCUT2D eigenvalue weighted by Gasteiger charge is -2.31. The first-order chi connectivity index (χ1) is 9.36. The molecule has 1 aliphatic rings. The van der Waals surface area contributed by atoms with Gasteiger partial charge in [-0.2, -0.15) is 0 Å². The van der Waals surface area contributed by atoms with Gasteiger partial charge in [0.2, 0.25) is 0 Å². The number of thiophene rings is 1. The summed E-state index contributed by atoms with van der Waals surface area (Å²) < 4.78 is 5.85. The molecule has 3 nitrogen and oxygen atoms in total. The van der Waals surface area contributed by atoms with Gasteiger partial charge in [-0.25, -0.2) is 0 Å². The fraction of sp³-hybridized carbons (Fsp3) is 0.333. The van der Waals surface area contributed by atoms with Gasteiger partial charge in [0.15, 0.2) is 0 Å². The summed E-state index contributed by atoms with van der Waals surface area (Å²) in [6, 6.07) is 12.8. The Bertz CT molecular complexity index is 527. The molecule has 0 radical (unpaired) electrons. The second-order valence-electron chi connectivity index (χ2n) is 4.94. The zero-order valence-electron chi connectivity index (χ0n) is 10.7. The van der Waals surface area contributed by atoms with Gasteiger partial charge in [-0.15, -0.1) is 11.3 Å². The lowest BCUT2D eigenvalue weighted by molar-refractivity contribution is 0.184. The van der Waals surface area contributed by atoms with Crippen LogP contribution >= 0.6 is 11.3 Å². The molecule has 2 unspecified atom stereocenters. The van der Waals surface area contributed by atoms with Gasteiger partial charge in [0.25, 0.3) is 0 Å². The van der Waals surface area contributed by atoms with E-state index >= 15 is 0 Å². The minimum Gasteiger partial charge on any atom is -0.493 e. The molecular formula is C15H18N2OS. The van der Waals surface area contributed by atoms with Crippen LogP contribution in [0.3, 0.4) is 0 Å². The number of hydrogen-bond donors (Lipinski definition) is 2. The first kappa shape index (κ1) is 12.7. The van der Waals surface area contributed by atoms with E-state index in [2.05, 4.69) is 35.1 Å². The zero-order valence-corrected chi connectivity index (χ0v) is 11.5. The minimum absolute atomic E-state index is 0.256. The van der Waals surface area contributed by atoms with Crippen LogP contribution in [0, 0.1) is 5.92 Å². The zero-order chi connectivity index (χ0) is 13.1. The molecule has 0 saturated carbocycles. The van der Waals surface area contributed by atoms with Crippen molar-refractivity contribution in [3.63, 3.8) is 0 Å². The molecule has 2 aromatic rings. The molecule has 3 rings (SSSR count). The number of hydrazine groups is 1. The molecule has 2 atom stereocenters. The Morgan fingerprint density at radius 3 is 3.00 bits per heavy atom. The van der Waals surface area contributed by atoms with Gasteiger partial charge < -0.3 is 4.74 Å². The molecule has 0 fully saturated rings. The van der Waals surface area contributed by atoms with E-state index in [1.807, 2.05) is 12.1 Å². The Hall–Kier alpha value is -1.36. The van der Waals surface area contributed by atoms with Crippen LogP contribution in [0.25, 0.3) is 0 Å². The summed E-state index contributed by atoms with van der Waals surface area (Å²) in [6.45, 7) is 0.733. The molecule has 19 heavy (non-hydrogen) atoms. The number of rotatable bonds is 4. The standard InChI is InChI=1S/C15H18N2OS/c16-17-14(9-13-5-3-7-19-13)12-8-11-4-1-2-6-15(11)18-10-12/h1-7,12,14,17H,8-10,16H2. The summed E-state index contributed by atoms with van der Waals surface area (Å²) in [7, 11) is 0. The minimum atomic E-state index is 0.256. The molecule has 0 saturated heterocycles. The van der Waals surface area contributed by atoms with E-state index in [0.29, 0.717) is 5.92 Å². The fourth-order valence-corrected chi connectivity index (χ4v) is 3.38. The average molecular weight is 274 g/mol. The highest BCUT2D eigenvalue weighted by Crippen LogP contribution is 2.29. The van der Waals surface area contributed by atoms with Crippen LogP contribution in [0.5, 0.6) is 5.75 Å². The third-order valence-corrected chi connectivity index (χ3v) is 4.59. The van der Waals surface area contributed by atoms with Crippen molar-refractivity contribution in [2.75, 3.05) is 6.61 Å². The van der Waals surface area contributed by atoms with Crippen molar-refractivity contribution < 1.29 is 4.74 Å². The molecule has 3 N–H and O–H groups in total. The Morgan fingerprint density at radius 1 is 1.32 bits per heavy atom. The third-order valence-electron chi connectivity index (χ3n) is 3.69. The van der Waals surface area contributed by atoms with Gasteiger partial charge in [-0.1, -0.05) is 24.3 Å². The molecule has 0 aliphatic carbocycles. The van der Waals surface area contributed by atoms with Crippen LogP contribution in [-0.2, 0) is 12.8 Å². The number of para-hydroxylation sites is 1. The molecule has 0 amide bonds. The van der Waals surface area contributed by atoms with Crippen molar-refractivity contribution in [1.82, 2.24) is 5.43 Å². The summed E-state index contributed by atoms with van der Waals surface area (Å²) in [5.41, 5.74) is 4.25. The van der Waals surface area contributed by atoms with E-state index in [1.54, 1.807) is 11.3 Å². The molecule has 0 spiro atoms. The number of nitrogens with two attached hydrogens (primary N) is 1. The first-order valence-electron chi connectivity index (χ1n) is 6.56. The van der Waals surface area contributed by atoms with Gasteiger partial charge in [0, 0.05) is 16.8 Å². The molecule has 1 aromatic heterocycles. The summed E-state index contributed by atoms with van der Waals surface area (Å²) >= 11 is 1.78. The van der Waals surface area contributed by atoms with Gasteiger partial charge in [0.1, 0.15) is 5.75 Å². The lowest BCUT2D eigenvalue weighted by atomic mass is 9.89. The average Bonchev–Trinajstić information content (AvgIpc) is 2.97. The third kappa shape index (κ3) is 2.81. The molecule has 2 heterocycles. The second kappa shape index (κ2) is 5.74. The Labute approximate surface area is 117 Å². The number of benzene rings is 1. The van der Waals surface area contributed by atoms with Crippen LogP contribution in [-0.4, -0.2) is 12.6 Å². The van der Waals surface area contributed by atoms with Crippen LogP contribution in [0.2, 0.25) is 0 Å². The van der Waals surface area contributed by atoms with Crippen molar-refractivity contribution in [1.29, 1.82) is 0 Å². The largest absolute Gasteiger partial charge is 0.493 e. The van der Waals surface area contributed by atoms with Crippen molar-refractivity contribution >= 4 is 11.3 Å². The molecular weight excluding hydrogens is 256 g/mol. The highest BCUT2D eigenvalue weighted by Gasteiger charge is 2.27. The lowest BCUT2D eigenvalue weighted by Crippen LogP contribution is -2.46. The smallest absolute Gasteiger partial charge is 0.122 e. The summed E-state index contributed by atoms with van der Waals surface area (Å²) in [4.78, 5) is 1.36. The van der Waals surface area contributed by atoms with Gasteiger partial charge in [-0.3, -0.25) is 11.3 Å². The maximum absolute atomic E-state index is 5.85. The van der Waals surface area contributed by atoms with Crippen molar-refractivity contribution in [3.05, 3.63) is 52.2 Å². The van der Waals surface area contributed by atoms with Crippen LogP contribution < -0.4 is 16.0 Å². The maximum atomic E-state index is 5.85. The fourth-order valence-electron chi connectivity index (χ4n) is 2.62. The van der Waals surface area contributed by atoms with E-state index in [1.165, 1.54) is 10.4 Å². The van der Waals surface area contributed by atoms with Crippen LogP contribution in [0.15, 0.2) is 41.8 Å². The number of hydrogen-bond acceptors (Lipinski definition) is 4.